The molecule has 110 valence electrons. The van der Waals surface area contributed by atoms with Gasteiger partial charge >= 0.3 is 0 Å². The fourth-order valence-corrected chi connectivity index (χ4v) is 3.68. The molecule has 2 atom stereocenters. The Morgan fingerprint density at radius 1 is 1.38 bits per heavy atom. The van der Waals surface area contributed by atoms with Crippen LogP contribution in [0.1, 0.15) is 41.6 Å². The van der Waals surface area contributed by atoms with Crippen molar-refractivity contribution < 1.29 is 4.74 Å². The maximum atomic E-state index is 6.54. The Morgan fingerprint density at radius 3 is 3.00 bits per heavy atom. The van der Waals surface area contributed by atoms with E-state index in [1.54, 1.807) is 7.11 Å². The zero-order chi connectivity index (χ0) is 14.8. The van der Waals surface area contributed by atoms with E-state index < -0.39 is 0 Å². The Hall–Kier alpha value is -1.39. The van der Waals surface area contributed by atoms with E-state index in [9.17, 15) is 0 Å². The number of fused-ring (bicyclic) bond motifs is 1. The van der Waals surface area contributed by atoms with Gasteiger partial charge < -0.3 is 10.5 Å². The Labute approximate surface area is 133 Å². The molecule has 0 spiro atoms. The van der Waals surface area contributed by atoms with E-state index in [1.165, 1.54) is 17.7 Å². The fourth-order valence-electron chi connectivity index (χ4n) is 3.12. The number of nitrogens with zero attached hydrogens (tertiary/aromatic N) is 1. The van der Waals surface area contributed by atoms with Crippen LogP contribution < -0.4 is 10.5 Å². The number of halogens is 1. The van der Waals surface area contributed by atoms with Crippen LogP contribution in [0.15, 0.2) is 41.0 Å². The number of ether oxygens (including phenoxy) is 1. The van der Waals surface area contributed by atoms with E-state index in [-0.39, 0.29) is 12.0 Å². The van der Waals surface area contributed by atoms with Crippen molar-refractivity contribution in [2.75, 3.05) is 7.11 Å². The average Bonchev–Trinajstić information content (AvgIpc) is 2.53. The topological polar surface area (TPSA) is 48.1 Å². The van der Waals surface area contributed by atoms with Gasteiger partial charge in [0, 0.05) is 23.9 Å². The van der Waals surface area contributed by atoms with Crippen molar-refractivity contribution in [1.29, 1.82) is 0 Å². The van der Waals surface area contributed by atoms with Gasteiger partial charge in [0.05, 0.1) is 11.6 Å². The van der Waals surface area contributed by atoms with Crippen molar-refractivity contribution >= 4 is 15.9 Å². The van der Waals surface area contributed by atoms with Crippen molar-refractivity contribution in [3.05, 3.63) is 57.8 Å². The van der Waals surface area contributed by atoms with Gasteiger partial charge in [-0.1, -0.05) is 12.1 Å². The summed E-state index contributed by atoms with van der Waals surface area (Å²) in [5.74, 6) is 1.11. The molecule has 21 heavy (non-hydrogen) atoms. The Morgan fingerprint density at radius 2 is 2.24 bits per heavy atom. The molecule has 3 nitrogen and oxygen atoms in total. The SMILES string of the molecule is COc1ccc(C(N)C2CCCc3cccnc32)cc1Br. The molecule has 4 heteroatoms. The quantitative estimate of drug-likeness (QED) is 0.914. The summed E-state index contributed by atoms with van der Waals surface area (Å²) in [6, 6.07) is 10.2. The van der Waals surface area contributed by atoms with Crippen LogP contribution in [0.2, 0.25) is 0 Å². The molecule has 3 rings (SSSR count). The van der Waals surface area contributed by atoms with E-state index in [0.717, 1.165) is 28.6 Å². The lowest BCUT2D eigenvalue weighted by molar-refractivity contribution is 0.411. The number of nitrogens with two attached hydrogens (primary N) is 1. The Kier molecular flexibility index (Phi) is 4.27. The van der Waals surface area contributed by atoms with Crippen molar-refractivity contribution in [3.63, 3.8) is 0 Å². The minimum Gasteiger partial charge on any atom is -0.496 e. The van der Waals surface area contributed by atoms with Crippen LogP contribution in [0.25, 0.3) is 0 Å². The molecule has 0 fully saturated rings. The molecule has 1 aliphatic carbocycles. The second-order valence-electron chi connectivity index (χ2n) is 5.47. The van der Waals surface area contributed by atoms with Crippen LogP contribution >= 0.6 is 15.9 Å². The average molecular weight is 347 g/mol. The monoisotopic (exact) mass is 346 g/mol. The predicted octanol–water partition coefficient (Wildman–Crippen LogP) is 3.97. The Balaban J connectivity index is 1.92. The highest BCUT2D eigenvalue weighted by Gasteiger charge is 2.28. The number of rotatable bonds is 3. The van der Waals surface area contributed by atoms with Crippen molar-refractivity contribution in [2.24, 2.45) is 5.73 Å². The predicted molar refractivity (Wildman–Crippen MR) is 87.5 cm³/mol. The summed E-state index contributed by atoms with van der Waals surface area (Å²) in [4.78, 5) is 4.59. The maximum absolute atomic E-state index is 6.54. The second kappa shape index (κ2) is 6.16. The molecular weight excluding hydrogens is 328 g/mol. The van der Waals surface area contributed by atoms with Gasteiger partial charge in [0.2, 0.25) is 0 Å². The molecule has 0 aliphatic heterocycles. The van der Waals surface area contributed by atoms with Gasteiger partial charge in [0.1, 0.15) is 5.75 Å². The van der Waals surface area contributed by atoms with Gasteiger partial charge in [-0.25, -0.2) is 0 Å². The summed E-state index contributed by atoms with van der Waals surface area (Å²) >= 11 is 3.54. The first-order chi connectivity index (χ1) is 10.2. The highest BCUT2D eigenvalue weighted by atomic mass is 79.9. The molecule has 0 radical (unpaired) electrons. The Bertz CT molecular complexity index is 644. The zero-order valence-electron chi connectivity index (χ0n) is 12.1. The fraction of sp³-hybridized carbons (Fsp3) is 0.353. The van der Waals surface area contributed by atoms with Gasteiger partial charge in [-0.3, -0.25) is 4.98 Å². The molecule has 0 amide bonds. The lowest BCUT2D eigenvalue weighted by Gasteiger charge is -2.29. The third kappa shape index (κ3) is 2.83. The van der Waals surface area contributed by atoms with Crippen molar-refractivity contribution in [2.45, 2.75) is 31.2 Å². The largest absolute Gasteiger partial charge is 0.496 e. The van der Waals surface area contributed by atoms with E-state index in [1.807, 2.05) is 24.4 Å². The number of aromatic nitrogens is 1. The van der Waals surface area contributed by atoms with Crippen molar-refractivity contribution in [3.8, 4) is 5.75 Å². The lowest BCUT2D eigenvalue weighted by atomic mass is 9.80. The smallest absolute Gasteiger partial charge is 0.133 e. The second-order valence-corrected chi connectivity index (χ2v) is 6.32. The molecule has 0 bridgehead atoms. The first-order valence-corrected chi connectivity index (χ1v) is 8.03. The van der Waals surface area contributed by atoms with Gasteiger partial charge in [0.25, 0.3) is 0 Å². The number of benzene rings is 1. The normalized spacial score (nSPS) is 18.9. The molecule has 1 aliphatic rings. The molecule has 0 saturated heterocycles. The van der Waals surface area contributed by atoms with Crippen LogP contribution in [0.4, 0.5) is 0 Å². The van der Waals surface area contributed by atoms with Crippen LogP contribution in [0.5, 0.6) is 5.75 Å². The minimum atomic E-state index is -0.0406. The third-order valence-electron chi connectivity index (χ3n) is 4.23. The maximum Gasteiger partial charge on any atom is 0.133 e. The number of hydrogen-bond acceptors (Lipinski definition) is 3. The van der Waals surface area contributed by atoms with Crippen LogP contribution in [-0.2, 0) is 6.42 Å². The van der Waals surface area contributed by atoms with Gasteiger partial charge in [0.15, 0.2) is 0 Å². The molecule has 2 aromatic rings. The summed E-state index contributed by atoms with van der Waals surface area (Å²) in [5, 5.41) is 0. The van der Waals surface area contributed by atoms with E-state index in [0.29, 0.717) is 0 Å². The van der Waals surface area contributed by atoms with Gasteiger partial charge in [-0.2, -0.15) is 0 Å². The molecule has 1 aromatic carbocycles. The number of hydrogen-bond donors (Lipinski definition) is 1. The molecule has 2 N–H and O–H groups in total. The third-order valence-corrected chi connectivity index (χ3v) is 4.85. The molecule has 1 aromatic heterocycles. The van der Waals surface area contributed by atoms with E-state index >= 15 is 0 Å². The number of pyridine rings is 1. The van der Waals surface area contributed by atoms with Crippen LogP contribution in [-0.4, -0.2) is 12.1 Å². The summed E-state index contributed by atoms with van der Waals surface area (Å²) in [5.41, 5.74) is 10.2. The standard InChI is InChI=1S/C17H19BrN2O/c1-21-15-8-7-12(10-14(15)18)16(19)13-6-2-4-11-5-3-9-20-17(11)13/h3,5,7-10,13,16H,2,4,6,19H2,1H3. The van der Waals surface area contributed by atoms with Gasteiger partial charge in [-0.15, -0.1) is 0 Å². The molecule has 0 saturated carbocycles. The van der Waals surface area contributed by atoms with E-state index in [4.69, 9.17) is 10.5 Å². The lowest BCUT2D eigenvalue weighted by Crippen LogP contribution is -2.24. The minimum absolute atomic E-state index is 0.0406. The summed E-state index contributed by atoms with van der Waals surface area (Å²) in [7, 11) is 1.67. The van der Waals surface area contributed by atoms with Crippen molar-refractivity contribution in [1.82, 2.24) is 4.98 Å². The zero-order valence-corrected chi connectivity index (χ0v) is 13.6. The van der Waals surface area contributed by atoms with Gasteiger partial charge in [-0.05, 0) is 64.5 Å². The first-order valence-electron chi connectivity index (χ1n) is 7.23. The molecule has 1 heterocycles. The number of methoxy groups -OCH3 is 1. The summed E-state index contributed by atoms with van der Waals surface area (Å²) in [6.07, 6.45) is 5.25. The van der Waals surface area contributed by atoms with Crippen LogP contribution in [0.3, 0.4) is 0 Å². The van der Waals surface area contributed by atoms with Crippen LogP contribution in [0, 0.1) is 0 Å². The highest BCUT2D eigenvalue weighted by Crippen LogP contribution is 2.39. The van der Waals surface area contributed by atoms with E-state index in [2.05, 4.69) is 33.0 Å². The summed E-state index contributed by atoms with van der Waals surface area (Å²) in [6.45, 7) is 0. The number of aryl methyl sites for hydroxylation is 1. The molecule has 2 unspecified atom stereocenters. The molecular formula is C17H19BrN2O. The highest BCUT2D eigenvalue weighted by molar-refractivity contribution is 9.10. The summed E-state index contributed by atoms with van der Waals surface area (Å²) < 4.78 is 6.22. The first kappa shape index (κ1) is 14.5.